The molecular formula is C27H39N5O5. The lowest BCUT2D eigenvalue weighted by molar-refractivity contribution is -0.134. The molecule has 5 amide bonds. The first-order valence-corrected chi connectivity index (χ1v) is 12.7. The molecule has 0 saturated carbocycles. The zero-order valence-corrected chi connectivity index (χ0v) is 22.0. The van der Waals surface area contributed by atoms with Crippen LogP contribution in [0.2, 0.25) is 0 Å². The van der Waals surface area contributed by atoms with Gasteiger partial charge in [-0.2, -0.15) is 0 Å². The van der Waals surface area contributed by atoms with Gasteiger partial charge >= 0.3 is 0 Å². The predicted molar refractivity (Wildman–Crippen MR) is 140 cm³/mol. The molecule has 1 aliphatic heterocycles. The highest BCUT2D eigenvalue weighted by Gasteiger charge is 2.34. The van der Waals surface area contributed by atoms with E-state index in [1.54, 1.807) is 32.9 Å². The molecule has 5 atom stereocenters. The SMILES string of the molecule is CC(C)C1NC(=O)[C@@H](C)[C@@H](C/C=C\CCC(N)=O)NC(=O)[C@@H](Cc2ccccc2)NC(=O)[C@@H](C)NC1=O. The molecule has 0 radical (unpaired) electrons. The quantitative estimate of drug-likeness (QED) is 0.323. The molecular weight excluding hydrogens is 474 g/mol. The molecule has 1 aromatic rings. The summed E-state index contributed by atoms with van der Waals surface area (Å²) in [6.07, 6.45) is 4.73. The summed E-state index contributed by atoms with van der Waals surface area (Å²) in [5.41, 5.74) is 6.03. The highest BCUT2D eigenvalue weighted by molar-refractivity contribution is 5.95. The molecule has 0 aliphatic carbocycles. The maximum Gasteiger partial charge on any atom is 0.243 e. The number of nitrogens with two attached hydrogens (primary N) is 1. The Balaban J connectivity index is 2.38. The predicted octanol–water partition coefficient (Wildman–Crippen LogP) is 0.706. The molecule has 1 saturated heterocycles. The summed E-state index contributed by atoms with van der Waals surface area (Å²) in [6.45, 7) is 6.81. The summed E-state index contributed by atoms with van der Waals surface area (Å²) in [4.78, 5) is 63.5. The first-order chi connectivity index (χ1) is 17.5. The van der Waals surface area contributed by atoms with Crippen molar-refractivity contribution >= 4 is 29.5 Å². The summed E-state index contributed by atoms with van der Waals surface area (Å²) < 4.78 is 0. The fraction of sp³-hybridized carbons (Fsp3) is 0.519. The van der Waals surface area contributed by atoms with Gasteiger partial charge in [0, 0.05) is 18.9 Å². The Bertz CT molecular complexity index is 994. The van der Waals surface area contributed by atoms with E-state index in [0.29, 0.717) is 12.8 Å². The number of carbonyl (C=O) groups is 5. The maximum atomic E-state index is 13.4. The Hall–Kier alpha value is -3.69. The minimum Gasteiger partial charge on any atom is -0.370 e. The van der Waals surface area contributed by atoms with Gasteiger partial charge in [-0.3, -0.25) is 24.0 Å². The van der Waals surface area contributed by atoms with Gasteiger partial charge in [-0.1, -0.05) is 63.3 Å². The lowest BCUT2D eigenvalue weighted by Crippen LogP contribution is -2.56. The van der Waals surface area contributed by atoms with E-state index in [0.717, 1.165) is 5.56 Å². The zero-order chi connectivity index (χ0) is 27.5. The van der Waals surface area contributed by atoms with Gasteiger partial charge < -0.3 is 27.0 Å². The largest absolute Gasteiger partial charge is 0.370 e. The van der Waals surface area contributed by atoms with Crippen molar-refractivity contribution in [1.82, 2.24) is 21.3 Å². The minimum atomic E-state index is -0.924. The molecule has 1 aromatic carbocycles. The van der Waals surface area contributed by atoms with E-state index in [1.807, 2.05) is 30.3 Å². The molecule has 202 valence electrons. The van der Waals surface area contributed by atoms with Crippen molar-refractivity contribution in [3.63, 3.8) is 0 Å². The number of benzene rings is 1. The Kier molecular flexibility index (Phi) is 11.3. The van der Waals surface area contributed by atoms with Crippen LogP contribution >= 0.6 is 0 Å². The Morgan fingerprint density at radius 2 is 1.57 bits per heavy atom. The van der Waals surface area contributed by atoms with Gasteiger partial charge in [-0.15, -0.1) is 0 Å². The average Bonchev–Trinajstić information content (AvgIpc) is 2.84. The van der Waals surface area contributed by atoms with Gasteiger partial charge in [0.05, 0.1) is 5.92 Å². The topological polar surface area (TPSA) is 159 Å². The number of amides is 5. The van der Waals surface area contributed by atoms with E-state index in [9.17, 15) is 24.0 Å². The molecule has 1 heterocycles. The zero-order valence-electron chi connectivity index (χ0n) is 22.0. The molecule has 0 aromatic heterocycles. The number of primary amides is 1. The second-order valence-electron chi connectivity index (χ2n) is 9.83. The number of hydrogen-bond acceptors (Lipinski definition) is 5. The van der Waals surface area contributed by atoms with E-state index in [1.165, 1.54) is 6.92 Å². The summed E-state index contributed by atoms with van der Waals surface area (Å²) in [5, 5.41) is 11.1. The van der Waals surface area contributed by atoms with Crippen LogP contribution in [-0.4, -0.2) is 53.7 Å². The van der Waals surface area contributed by atoms with Gasteiger partial charge in [0.25, 0.3) is 0 Å². The third kappa shape index (κ3) is 9.36. The van der Waals surface area contributed by atoms with Crippen LogP contribution in [0.15, 0.2) is 42.5 Å². The summed E-state index contributed by atoms with van der Waals surface area (Å²) in [7, 11) is 0. The lowest BCUT2D eigenvalue weighted by atomic mass is 9.94. The monoisotopic (exact) mass is 513 g/mol. The van der Waals surface area contributed by atoms with E-state index in [2.05, 4.69) is 21.3 Å². The third-order valence-electron chi connectivity index (χ3n) is 6.37. The van der Waals surface area contributed by atoms with Crippen LogP contribution < -0.4 is 27.0 Å². The molecule has 10 nitrogen and oxygen atoms in total. The highest BCUT2D eigenvalue weighted by Crippen LogP contribution is 2.14. The van der Waals surface area contributed by atoms with Crippen LogP contribution in [0.3, 0.4) is 0 Å². The van der Waals surface area contributed by atoms with Crippen molar-refractivity contribution < 1.29 is 24.0 Å². The van der Waals surface area contributed by atoms with Crippen molar-refractivity contribution in [3.8, 4) is 0 Å². The standard InChI is InChI=1S/C27H39N5O5/c1-16(2)23-27(37)29-18(4)25(35)31-21(15-19-11-7-5-8-12-19)26(36)30-20(17(3)24(34)32-23)13-9-6-10-14-22(28)33/h5-9,11-12,16-18,20-21,23H,10,13-15H2,1-4H3,(H2,28,33)(H,29,37)(H,30,36)(H,31,35)(H,32,34)/b9-6-/t17-,18+,20+,21+,23?/m0/s1. The molecule has 0 bridgehead atoms. The van der Waals surface area contributed by atoms with Crippen molar-refractivity contribution in [2.45, 2.75) is 77.5 Å². The van der Waals surface area contributed by atoms with Gasteiger partial charge in [-0.25, -0.2) is 0 Å². The second-order valence-corrected chi connectivity index (χ2v) is 9.83. The Morgan fingerprint density at radius 3 is 2.19 bits per heavy atom. The van der Waals surface area contributed by atoms with Gasteiger partial charge in [0.1, 0.15) is 18.1 Å². The van der Waals surface area contributed by atoms with Crippen LogP contribution in [0, 0.1) is 11.8 Å². The molecule has 0 spiro atoms. The fourth-order valence-corrected chi connectivity index (χ4v) is 3.98. The van der Waals surface area contributed by atoms with E-state index in [4.69, 9.17) is 5.73 Å². The van der Waals surface area contributed by atoms with Crippen molar-refractivity contribution in [2.24, 2.45) is 17.6 Å². The average molecular weight is 514 g/mol. The summed E-state index contributed by atoms with van der Waals surface area (Å²) >= 11 is 0. The molecule has 1 aliphatic rings. The van der Waals surface area contributed by atoms with Gasteiger partial charge in [-0.05, 0) is 31.2 Å². The number of rotatable bonds is 8. The summed E-state index contributed by atoms with van der Waals surface area (Å²) in [5.74, 6) is -3.15. The highest BCUT2D eigenvalue weighted by atomic mass is 16.2. The molecule has 10 heteroatoms. The number of carbonyl (C=O) groups excluding carboxylic acids is 5. The van der Waals surface area contributed by atoms with Crippen molar-refractivity contribution in [2.75, 3.05) is 0 Å². The normalized spacial score (nSPS) is 25.8. The number of allylic oxidation sites excluding steroid dienone is 1. The van der Waals surface area contributed by atoms with Gasteiger partial charge in [0.2, 0.25) is 29.5 Å². The first kappa shape index (κ1) is 29.5. The number of hydrogen-bond donors (Lipinski definition) is 5. The van der Waals surface area contributed by atoms with Crippen LogP contribution in [0.4, 0.5) is 0 Å². The molecule has 1 fully saturated rings. The smallest absolute Gasteiger partial charge is 0.243 e. The second kappa shape index (κ2) is 14.2. The van der Waals surface area contributed by atoms with E-state index in [-0.39, 0.29) is 18.8 Å². The fourth-order valence-electron chi connectivity index (χ4n) is 3.98. The minimum absolute atomic E-state index is 0.193. The Morgan fingerprint density at radius 1 is 0.892 bits per heavy atom. The maximum absolute atomic E-state index is 13.4. The van der Waals surface area contributed by atoms with Gasteiger partial charge in [0.15, 0.2) is 0 Å². The van der Waals surface area contributed by atoms with Crippen LogP contribution in [0.1, 0.15) is 52.5 Å². The van der Waals surface area contributed by atoms with E-state index >= 15 is 0 Å². The molecule has 1 unspecified atom stereocenters. The van der Waals surface area contributed by atoms with Crippen LogP contribution in [-0.2, 0) is 30.4 Å². The molecule has 6 N–H and O–H groups in total. The van der Waals surface area contributed by atoms with Crippen LogP contribution in [0.25, 0.3) is 0 Å². The lowest BCUT2D eigenvalue weighted by Gasteiger charge is -2.28. The third-order valence-corrected chi connectivity index (χ3v) is 6.37. The van der Waals surface area contributed by atoms with Crippen molar-refractivity contribution in [1.29, 1.82) is 0 Å². The first-order valence-electron chi connectivity index (χ1n) is 12.7. The van der Waals surface area contributed by atoms with Crippen molar-refractivity contribution in [3.05, 3.63) is 48.0 Å². The molecule has 2 rings (SSSR count). The summed E-state index contributed by atoms with van der Waals surface area (Å²) in [6, 6.07) is 5.94. The number of nitrogens with one attached hydrogen (secondary N) is 4. The Labute approximate surface area is 218 Å². The molecule has 37 heavy (non-hydrogen) atoms. The van der Waals surface area contributed by atoms with E-state index < -0.39 is 59.6 Å². The van der Waals surface area contributed by atoms with Crippen LogP contribution in [0.5, 0.6) is 0 Å².